The number of carbonyl (C=O) groups is 2. The summed E-state index contributed by atoms with van der Waals surface area (Å²) in [5.41, 5.74) is 0.938. The number of carbonyl (C=O) groups excluding carboxylic acids is 2. The Bertz CT molecular complexity index is 1010. The van der Waals surface area contributed by atoms with Gasteiger partial charge in [-0.2, -0.15) is 0 Å². The van der Waals surface area contributed by atoms with E-state index in [1.165, 1.54) is 90.6 Å². The average molecular weight is 691 g/mol. The van der Waals surface area contributed by atoms with E-state index in [4.69, 9.17) is 9.47 Å². The lowest BCUT2D eigenvalue weighted by atomic mass is 9.71. The van der Waals surface area contributed by atoms with Crippen molar-refractivity contribution >= 4 is 12.2 Å². The summed E-state index contributed by atoms with van der Waals surface area (Å²) < 4.78 is 10.9. The van der Waals surface area contributed by atoms with Crippen molar-refractivity contribution in [1.29, 1.82) is 0 Å². The van der Waals surface area contributed by atoms with E-state index < -0.39 is 0 Å². The van der Waals surface area contributed by atoms with Gasteiger partial charge < -0.3 is 39.7 Å². The lowest BCUT2D eigenvalue weighted by Gasteiger charge is -2.46. The molecule has 2 amide bonds. The molecule has 0 bridgehead atoms. The first-order chi connectivity index (χ1) is 23.0. The van der Waals surface area contributed by atoms with E-state index in [0.717, 1.165) is 70.4 Å². The molecule has 10 heteroatoms. The number of nitrogens with zero attached hydrogens (tertiary/aromatic N) is 4. The Kier molecular flexibility index (Phi) is 14.1. The number of hydrogen-bond donors (Lipinski definition) is 2. The monoisotopic (exact) mass is 691 g/mol. The highest BCUT2D eigenvalue weighted by atomic mass is 16.6. The Labute approximate surface area is 299 Å². The molecule has 6 saturated heterocycles. The minimum atomic E-state index is -0.389. The summed E-state index contributed by atoms with van der Waals surface area (Å²) in [5.74, 6) is 0. The molecule has 0 unspecified atom stereocenters. The van der Waals surface area contributed by atoms with Crippen LogP contribution in [0, 0.1) is 16.2 Å². The van der Waals surface area contributed by atoms with Gasteiger partial charge in [0.25, 0.3) is 0 Å². The smallest absolute Gasteiger partial charge is 0.410 e. The van der Waals surface area contributed by atoms with Crippen molar-refractivity contribution in [1.82, 2.24) is 30.2 Å². The van der Waals surface area contributed by atoms with Crippen molar-refractivity contribution < 1.29 is 19.1 Å². The van der Waals surface area contributed by atoms with Crippen LogP contribution in [0.2, 0.25) is 0 Å². The standard InChI is InChI=1S/C15H28N2O2.C14H26N2O2.C10H20N2/c1-14(2,3)19-13(18)17-11-7-15(8-12-17)5-9-16(4)10-6-15;1-13(2,3)18-12(17)16-10-6-14(7-11-16)4-8-15-9-5-14;1-12-8-4-10(5-9-12)2-6-11-7-3-10/h5-12H2,1-4H3;15H,4-11H2,1-3H3;11H,2-9H2,1H3. The van der Waals surface area contributed by atoms with Gasteiger partial charge in [0.1, 0.15) is 11.2 Å². The zero-order valence-corrected chi connectivity index (χ0v) is 32.9. The summed E-state index contributed by atoms with van der Waals surface area (Å²) in [6.45, 7) is 24.8. The topological polar surface area (TPSA) is 89.6 Å². The molecule has 6 aliphatic rings. The van der Waals surface area contributed by atoms with E-state index in [1.807, 2.05) is 51.3 Å². The Morgan fingerprint density at radius 1 is 0.449 bits per heavy atom. The van der Waals surface area contributed by atoms with Crippen LogP contribution in [0.15, 0.2) is 0 Å². The highest BCUT2D eigenvalue weighted by Gasteiger charge is 2.40. The van der Waals surface area contributed by atoms with E-state index in [2.05, 4.69) is 34.5 Å². The van der Waals surface area contributed by atoms with Crippen molar-refractivity contribution in [2.24, 2.45) is 16.2 Å². The molecule has 0 aromatic carbocycles. The van der Waals surface area contributed by atoms with Crippen molar-refractivity contribution in [3.05, 3.63) is 0 Å². The molecule has 0 saturated carbocycles. The molecular weight excluding hydrogens is 616 g/mol. The van der Waals surface area contributed by atoms with Crippen LogP contribution in [-0.2, 0) is 9.47 Å². The molecule has 10 nitrogen and oxygen atoms in total. The first kappa shape index (κ1) is 40.2. The lowest BCUT2D eigenvalue weighted by molar-refractivity contribution is -0.000583. The van der Waals surface area contributed by atoms with Crippen molar-refractivity contribution in [3.63, 3.8) is 0 Å². The minimum Gasteiger partial charge on any atom is -0.444 e. The molecule has 6 fully saturated rings. The molecule has 6 heterocycles. The van der Waals surface area contributed by atoms with E-state index in [-0.39, 0.29) is 23.4 Å². The van der Waals surface area contributed by atoms with Crippen LogP contribution in [0.3, 0.4) is 0 Å². The molecular formula is C39H74N6O4. The summed E-state index contributed by atoms with van der Waals surface area (Å²) >= 11 is 0. The van der Waals surface area contributed by atoms with Gasteiger partial charge in [0.2, 0.25) is 0 Å². The number of likely N-dealkylation sites (tertiary alicyclic amines) is 4. The number of nitrogens with one attached hydrogen (secondary N) is 2. The van der Waals surface area contributed by atoms with Crippen LogP contribution in [0.4, 0.5) is 9.59 Å². The fourth-order valence-electron chi connectivity index (χ4n) is 8.58. The van der Waals surface area contributed by atoms with Crippen LogP contribution in [0.25, 0.3) is 0 Å². The quantitative estimate of drug-likeness (QED) is 0.311. The SMILES string of the molecule is CC(C)(C)OC(=O)N1CCC2(CCNCC2)CC1.CN1CCC2(CC1)CCN(C(=O)OC(C)(C)C)CC2.CN1CCC2(CCNCC2)CC1. The molecule has 2 N–H and O–H groups in total. The van der Waals surface area contributed by atoms with Crippen LogP contribution in [0.1, 0.15) is 119 Å². The summed E-state index contributed by atoms with van der Waals surface area (Å²) in [6, 6.07) is 0. The Morgan fingerprint density at radius 3 is 0.959 bits per heavy atom. The van der Waals surface area contributed by atoms with Gasteiger partial charge in [-0.15, -0.1) is 0 Å². The molecule has 49 heavy (non-hydrogen) atoms. The maximum atomic E-state index is 12.0. The number of hydrogen-bond acceptors (Lipinski definition) is 8. The molecule has 0 radical (unpaired) electrons. The van der Waals surface area contributed by atoms with Gasteiger partial charge in [0.15, 0.2) is 0 Å². The summed E-state index contributed by atoms with van der Waals surface area (Å²) in [4.78, 5) is 32.6. The summed E-state index contributed by atoms with van der Waals surface area (Å²) in [5, 5.41) is 6.87. The highest BCUT2D eigenvalue weighted by molar-refractivity contribution is 5.68. The van der Waals surface area contributed by atoms with Gasteiger partial charge >= 0.3 is 12.2 Å². The molecule has 3 spiro atoms. The van der Waals surface area contributed by atoms with Crippen LogP contribution in [0.5, 0.6) is 0 Å². The van der Waals surface area contributed by atoms with Crippen molar-refractivity contribution in [2.45, 2.75) is 130 Å². The van der Waals surface area contributed by atoms with Gasteiger partial charge in [-0.3, -0.25) is 0 Å². The average Bonchev–Trinajstić information content (AvgIpc) is 3.05. The number of rotatable bonds is 0. The molecule has 0 aliphatic carbocycles. The Balaban J connectivity index is 0.000000170. The predicted molar refractivity (Wildman–Crippen MR) is 199 cm³/mol. The fourth-order valence-corrected chi connectivity index (χ4v) is 8.58. The van der Waals surface area contributed by atoms with Crippen molar-refractivity contribution in [3.8, 4) is 0 Å². The maximum absolute atomic E-state index is 12.0. The summed E-state index contributed by atoms with van der Waals surface area (Å²) in [6.07, 6.45) is 15.0. The highest BCUT2D eigenvalue weighted by Crippen LogP contribution is 2.42. The zero-order valence-electron chi connectivity index (χ0n) is 32.9. The molecule has 0 aromatic rings. The number of piperidine rings is 6. The van der Waals surface area contributed by atoms with E-state index in [1.54, 1.807) is 0 Å². The maximum Gasteiger partial charge on any atom is 0.410 e. The molecule has 0 aromatic heterocycles. The Hall–Kier alpha value is -1.62. The predicted octanol–water partition coefficient (Wildman–Crippen LogP) is 6.20. The van der Waals surface area contributed by atoms with Gasteiger partial charge in [-0.05, 0) is 201 Å². The third kappa shape index (κ3) is 12.8. The van der Waals surface area contributed by atoms with Gasteiger partial charge in [0, 0.05) is 26.2 Å². The second kappa shape index (κ2) is 17.3. The molecule has 6 aliphatic heterocycles. The normalized spacial score (nSPS) is 25.9. The van der Waals surface area contributed by atoms with E-state index in [9.17, 15) is 9.59 Å². The van der Waals surface area contributed by atoms with Crippen molar-refractivity contribution in [2.75, 3.05) is 92.6 Å². The second-order valence-corrected chi connectivity index (χ2v) is 18.5. The third-order valence-electron chi connectivity index (χ3n) is 12.4. The first-order valence-corrected chi connectivity index (χ1v) is 19.8. The van der Waals surface area contributed by atoms with Crippen LogP contribution >= 0.6 is 0 Å². The first-order valence-electron chi connectivity index (χ1n) is 19.8. The van der Waals surface area contributed by atoms with Crippen LogP contribution < -0.4 is 10.6 Å². The molecule has 0 atom stereocenters. The van der Waals surface area contributed by atoms with Gasteiger partial charge in [-0.1, -0.05) is 0 Å². The van der Waals surface area contributed by atoms with Gasteiger partial charge in [0.05, 0.1) is 0 Å². The molecule has 284 valence electrons. The fraction of sp³-hybridized carbons (Fsp3) is 0.949. The minimum absolute atomic E-state index is 0.143. The van der Waals surface area contributed by atoms with E-state index >= 15 is 0 Å². The number of ether oxygens (including phenoxy) is 2. The van der Waals surface area contributed by atoms with Gasteiger partial charge in [-0.25, -0.2) is 9.59 Å². The third-order valence-corrected chi connectivity index (χ3v) is 12.4. The Morgan fingerprint density at radius 2 is 0.694 bits per heavy atom. The lowest BCUT2D eigenvalue weighted by Crippen LogP contribution is -2.48. The summed E-state index contributed by atoms with van der Waals surface area (Å²) in [7, 11) is 4.44. The molecule has 6 rings (SSSR count). The second-order valence-electron chi connectivity index (χ2n) is 18.5. The van der Waals surface area contributed by atoms with E-state index in [0.29, 0.717) is 10.8 Å². The zero-order chi connectivity index (χ0) is 35.8. The largest absolute Gasteiger partial charge is 0.444 e. The number of amides is 2. The van der Waals surface area contributed by atoms with Crippen LogP contribution in [-0.4, -0.2) is 136 Å².